The Balaban J connectivity index is 1.58. The average molecular weight is 276 g/mol. The quantitative estimate of drug-likeness (QED) is 0.863. The van der Waals surface area contributed by atoms with Crippen molar-refractivity contribution in [1.82, 2.24) is 10.2 Å². The minimum atomic E-state index is 0.0779. The van der Waals surface area contributed by atoms with Gasteiger partial charge >= 0.3 is 0 Å². The van der Waals surface area contributed by atoms with Gasteiger partial charge < -0.3 is 15.0 Å². The predicted octanol–water partition coefficient (Wildman–Crippen LogP) is 1.91. The summed E-state index contributed by atoms with van der Waals surface area (Å²) in [5, 5.41) is 3.01. The molecule has 1 fully saturated rings. The number of piperidine rings is 1. The maximum absolute atomic E-state index is 11.8. The molecule has 0 aliphatic carbocycles. The molecule has 4 nitrogen and oxygen atoms in total. The summed E-state index contributed by atoms with van der Waals surface area (Å²) in [5.41, 5.74) is 0. The number of rotatable bonds is 6. The molecule has 1 aliphatic rings. The highest BCUT2D eigenvalue weighted by Gasteiger charge is 2.17. The molecule has 0 bridgehead atoms. The van der Waals surface area contributed by atoms with Gasteiger partial charge in [0.25, 0.3) is 0 Å². The summed E-state index contributed by atoms with van der Waals surface area (Å²) in [5.74, 6) is 1.48. The van der Waals surface area contributed by atoms with Crippen LogP contribution in [0.5, 0.6) is 5.75 Å². The number of carbonyl (C=O) groups excluding carboxylic acids is 1. The molecule has 1 saturated heterocycles. The maximum Gasteiger partial charge on any atom is 0.223 e. The van der Waals surface area contributed by atoms with Crippen molar-refractivity contribution in [3.8, 4) is 5.75 Å². The smallest absolute Gasteiger partial charge is 0.223 e. The fourth-order valence-electron chi connectivity index (χ4n) is 2.56. The van der Waals surface area contributed by atoms with Crippen molar-refractivity contribution in [3.63, 3.8) is 0 Å². The second kappa shape index (κ2) is 7.90. The van der Waals surface area contributed by atoms with Crippen LogP contribution < -0.4 is 10.1 Å². The topological polar surface area (TPSA) is 41.6 Å². The lowest BCUT2D eigenvalue weighted by atomic mass is 9.98. The number of carbonyl (C=O) groups is 1. The molecule has 4 heteroatoms. The van der Waals surface area contributed by atoms with E-state index in [1.54, 1.807) is 0 Å². The van der Waals surface area contributed by atoms with E-state index in [-0.39, 0.29) is 5.91 Å². The van der Waals surface area contributed by atoms with E-state index < -0.39 is 0 Å². The lowest BCUT2D eigenvalue weighted by Gasteiger charge is -2.29. The lowest BCUT2D eigenvalue weighted by Crippen LogP contribution is -2.39. The van der Waals surface area contributed by atoms with Gasteiger partial charge in [0.2, 0.25) is 5.91 Å². The molecule has 0 saturated carbocycles. The van der Waals surface area contributed by atoms with E-state index in [2.05, 4.69) is 17.3 Å². The zero-order valence-corrected chi connectivity index (χ0v) is 12.2. The molecule has 20 heavy (non-hydrogen) atoms. The van der Waals surface area contributed by atoms with E-state index >= 15 is 0 Å². The molecule has 1 unspecified atom stereocenters. The fraction of sp³-hybridized carbons (Fsp3) is 0.562. The van der Waals surface area contributed by atoms with E-state index in [0.717, 1.165) is 18.8 Å². The van der Waals surface area contributed by atoms with Gasteiger partial charge in [-0.05, 0) is 44.5 Å². The molecule has 1 amide bonds. The zero-order chi connectivity index (χ0) is 14.2. The van der Waals surface area contributed by atoms with E-state index in [9.17, 15) is 4.79 Å². The summed E-state index contributed by atoms with van der Waals surface area (Å²) in [6, 6.07) is 9.59. The van der Waals surface area contributed by atoms with Gasteiger partial charge in [0, 0.05) is 13.1 Å². The SMILES string of the molecule is CN1CCCC(CNC(=O)CCOc2ccccc2)C1. The van der Waals surface area contributed by atoms with Gasteiger partial charge in [0.1, 0.15) is 5.75 Å². The first-order valence-electron chi connectivity index (χ1n) is 7.37. The van der Waals surface area contributed by atoms with Crippen LogP contribution in [0.15, 0.2) is 30.3 Å². The number of para-hydroxylation sites is 1. The molecule has 0 spiro atoms. The Morgan fingerprint density at radius 3 is 2.95 bits per heavy atom. The molecule has 110 valence electrons. The molecule has 1 aliphatic heterocycles. The molecule has 0 aromatic heterocycles. The number of benzene rings is 1. The largest absolute Gasteiger partial charge is 0.493 e. The summed E-state index contributed by atoms with van der Waals surface area (Å²) >= 11 is 0. The first-order chi connectivity index (χ1) is 9.74. The van der Waals surface area contributed by atoms with Crippen LogP contribution >= 0.6 is 0 Å². The molecule has 1 N–H and O–H groups in total. The number of likely N-dealkylation sites (tertiary alicyclic amines) is 1. The van der Waals surface area contributed by atoms with Crippen LogP contribution in [0.25, 0.3) is 0 Å². The molecular weight excluding hydrogens is 252 g/mol. The van der Waals surface area contributed by atoms with E-state index in [0.29, 0.717) is 18.9 Å². The number of nitrogens with zero attached hydrogens (tertiary/aromatic N) is 1. The first kappa shape index (κ1) is 14.9. The van der Waals surface area contributed by atoms with E-state index in [1.165, 1.54) is 19.4 Å². The third-order valence-corrected chi connectivity index (χ3v) is 3.65. The van der Waals surface area contributed by atoms with Gasteiger partial charge in [0.15, 0.2) is 0 Å². The van der Waals surface area contributed by atoms with Gasteiger partial charge in [-0.15, -0.1) is 0 Å². The standard InChI is InChI=1S/C16H24N2O2/c1-18-10-5-6-14(13-18)12-17-16(19)9-11-20-15-7-3-2-4-8-15/h2-4,7-8,14H,5-6,9-13H2,1H3,(H,17,19). The van der Waals surface area contributed by atoms with Crippen molar-refractivity contribution in [3.05, 3.63) is 30.3 Å². The maximum atomic E-state index is 11.8. The van der Waals surface area contributed by atoms with Crippen molar-refractivity contribution < 1.29 is 9.53 Å². The summed E-state index contributed by atoms with van der Waals surface area (Å²) in [6.07, 6.45) is 2.86. The molecular formula is C16H24N2O2. The van der Waals surface area contributed by atoms with E-state index in [4.69, 9.17) is 4.74 Å². The van der Waals surface area contributed by atoms with Crippen molar-refractivity contribution in [2.75, 3.05) is 33.3 Å². The van der Waals surface area contributed by atoms with Crippen LogP contribution in [0, 0.1) is 5.92 Å². The predicted molar refractivity (Wildman–Crippen MR) is 79.8 cm³/mol. The number of amides is 1. The lowest BCUT2D eigenvalue weighted by molar-refractivity contribution is -0.121. The minimum absolute atomic E-state index is 0.0779. The Hall–Kier alpha value is -1.55. The van der Waals surface area contributed by atoms with Crippen LogP contribution in [-0.4, -0.2) is 44.1 Å². The summed E-state index contributed by atoms with van der Waals surface area (Å²) in [6.45, 7) is 3.48. The van der Waals surface area contributed by atoms with Crippen molar-refractivity contribution in [1.29, 1.82) is 0 Å². The van der Waals surface area contributed by atoms with Crippen molar-refractivity contribution in [2.45, 2.75) is 19.3 Å². The zero-order valence-electron chi connectivity index (χ0n) is 12.2. The highest BCUT2D eigenvalue weighted by molar-refractivity contribution is 5.75. The third-order valence-electron chi connectivity index (χ3n) is 3.65. The number of hydrogen-bond acceptors (Lipinski definition) is 3. The van der Waals surface area contributed by atoms with Gasteiger partial charge in [0.05, 0.1) is 13.0 Å². The summed E-state index contributed by atoms with van der Waals surface area (Å²) in [7, 11) is 2.14. The Labute approximate surface area is 121 Å². The van der Waals surface area contributed by atoms with Gasteiger partial charge in [-0.2, -0.15) is 0 Å². The van der Waals surface area contributed by atoms with Crippen LogP contribution in [0.2, 0.25) is 0 Å². The molecule has 0 radical (unpaired) electrons. The van der Waals surface area contributed by atoms with Crippen LogP contribution in [0.1, 0.15) is 19.3 Å². The third kappa shape index (κ3) is 5.21. The van der Waals surface area contributed by atoms with Gasteiger partial charge in [-0.25, -0.2) is 0 Å². The molecule has 1 aromatic carbocycles. The Bertz CT molecular complexity index is 408. The number of hydrogen-bond donors (Lipinski definition) is 1. The molecule has 1 atom stereocenters. The van der Waals surface area contributed by atoms with E-state index in [1.807, 2.05) is 30.3 Å². The van der Waals surface area contributed by atoms with Crippen LogP contribution in [0.3, 0.4) is 0 Å². The summed E-state index contributed by atoms with van der Waals surface area (Å²) in [4.78, 5) is 14.1. The minimum Gasteiger partial charge on any atom is -0.493 e. The van der Waals surface area contributed by atoms with Crippen LogP contribution in [-0.2, 0) is 4.79 Å². The van der Waals surface area contributed by atoms with Crippen LogP contribution in [0.4, 0.5) is 0 Å². The number of nitrogens with one attached hydrogen (secondary N) is 1. The fourth-order valence-corrected chi connectivity index (χ4v) is 2.56. The molecule has 1 heterocycles. The van der Waals surface area contributed by atoms with Crippen molar-refractivity contribution >= 4 is 5.91 Å². The average Bonchev–Trinajstić information content (AvgIpc) is 2.46. The van der Waals surface area contributed by atoms with Gasteiger partial charge in [-0.3, -0.25) is 4.79 Å². The highest BCUT2D eigenvalue weighted by atomic mass is 16.5. The molecule has 1 aromatic rings. The number of ether oxygens (including phenoxy) is 1. The molecule has 2 rings (SSSR count). The monoisotopic (exact) mass is 276 g/mol. The van der Waals surface area contributed by atoms with Gasteiger partial charge in [-0.1, -0.05) is 18.2 Å². The van der Waals surface area contributed by atoms with Crippen molar-refractivity contribution in [2.24, 2.45) is 5.92 Å². The second-order valence-electron chi connectivity index (χ2n) is 5.49. The Morgan fingerprint density at radius 2 is 2.20 bits per heavy atom. The second-order valence-corrected chi connectivity index (χ2v) is 5.49. The first-order valence-corrected chi connectivity index (χ1v) is 7.37. The Kier molecular flexibility index (Phi) is 5.87. The highest BCUT2D eigenvalue weighted by Crippen LogP contribution is 2.14. The normalized spacial score (nSPS) is 19.6. The summed E-state index contributed by atoms with van der Waals surface area (Å²) < 4.78 is 5.52. The Morgan fingerprint density at radius 1 is 1.40 bits per heavy atom.